The number of hydrogen-bond acceptors (Lipinski definition) is 1. The van der Waals surface area contributed by atoms with E-state index >= 15 is 0 Å². The maximum absolute atomic E-state index is 13.5. The Kier molecular flexibility index (Phi) is 2.94. The largest absolute Gasteiger partial charge is 0.497 e. The highest BCUT2D eigenvalue weighted by Crippen LogP contribution is 2.17. The molecule has 4 heteroatoms. The summed E-state index contributed by atoms with van der Waals surface area (Å²) in [5, 5.41) is 0.235. The zero-order valence-electron chi connectivity index (χ0n) is 8.82. The van der Waals surface area contributed by atoms with Gasteiger partial charge in [0.1, 0.15) is 17.4 Å². The number of halogens is 2. The van der Waals surface area contributed by atoms with Crippen LogP contribution >= 0.6 is 0 Å². The Balaban J connectivity index is 3.33. The summed E-state index contributed by atoms with van der Waals surface area (Å²) in [6.07, 6.45) is 0. The molecule has 1 rings (SSSR count). The van der Waals surface area contributed by atoms with Crippen LogP contribution in [0.1, 0.15) is 0 Å². The fourth-order valence-corrected chi connectivity index (χ4v) is 2.96. The summed E-state index contributed by atoms with van der Waals surface area (Å²) in [6, 6.07) is 2.47. The predicted octanol–water partition coefficient (Wildman–Crippen LogP) is 2.52. The average molecular weight is 216 g/mol. The number of rotatable bonds is 2. The minimum atomic E-state index is -1.96. The molecule has 0 fully saturated rings. The minimum absolute atomic E-state index is 0.224. The molecule has 0 unspecified atom stereocenters. The van der Waals surface area contributed by atoms with Crippen molar-refractivity contribution in [2.24, 2.45) is 0 Å². The van der Waals surface area contributed by atoms with Gasteiger partial charge >= 0.3 is 0 Å². The second-order valence-corrected chi connectivity index (χ2v) is 9.22. The van der Waals surface area contributed by atoms with Gasteiger partial charge < -0.3 is 4.74 Å². The van der Waals surface area contributed by atoms with Crippen LogP contribution in [0.3, 0.4) is 0 Å². The molecular formula is C10H14F2OSi. The van der Waals surface area contributed by atoms with Crippen molar-refractivity contribution in [3.63, 3.8) is 0 Å². The Morgan fingerprint density at radius 1 is 1.07 bits per heavy atom. The molecule has 0 aliphatic heterocycles. The lowest BCUT2D eigenvalue weighted by molar-refractivity contribution is 0.407. The quantitative estimate of drug-likeness (QED) is 0.690. The molecule has 1 aromatic rings. The highest BCUT2D eigenvalue weighted by molar-refractivity contribution is 6.88. The number of ether oxygens (including phenoxy) is 1. The molecule has 14 heavy (non-hydrogen) atoms. The third kappa shape index (κ3) is 2.12. The standard InChI is InChI=1S/C10H14F2OSi/c1-13-7-5-8(11)10(9(12)6-7)14(2,3)4/h5-6H,1-4H3. The van der Waals surface area contributed by atoms with E-state index in [9.17, 15) is 8.78 Å². The van der Waals surface area contributed by atoms with E-state index in [1.54, 1.807) is 0 Å². The monoisotopic (exact) mass is 216 g/mol. The SMILES string of the molecule is COc1cc(F)c([Si](C)(C)C)c(F)c1. The zero-order chi connectivity index (χ0) is 10.9. The van der Waals surface area contributed by atoms with E-state index in [0.29, 0.717) is 0 Å². The summed E-state index contributed by atoms with van der Waals surface area (Å²) in [7, 11) is -0.572. The van der Waals surface area contributed by atoms with Crippen LogP contribution in [-0.4, -0.2) is 15.2 Å². The second kappa shape index (κ2) is 3.69. The molecule has 0 aliphatic rings. The van der Waals surface area contributed by atoms with Crippen molar-refractivity contribution in [2.45, 2.75) is 19.6 Å². The summed E-state index contributed by atoms with van der Waals surface area (Å²) in [6.45, 7) is 5.71. The Labute approximate surface area is 83.7 Å². The second-order valence-electron chi connectivity index (χ2n) is 4.22. The summed E-state index contributed by atoms with van der Waals surface area (Å²) in [5.74, 6) is -0.774. The van der Waals surface area contributed by atoms with Crippen molar-refractivity contribution in [3.05, 3.63) is 23.8 Å². The van der Waals surface area contributed by atoms with Gasteiger partial charge in [0, 0.05) is 17.3 Å². The van der Waals surface area contributed by atoms with E-state index in [2.05, 4.69) is 0 Å². The van der Waals surface area contributed by atoms with Gasteiger partial charge in [-0.2, -0.15) is 0 Å². The van der Waals surface area contributed by atoms with Crippen LogP contribution < -0.4 is 9.92 Å². The van der Waals surface area contributed by atoms with E-state index in [0.717, 1.165) is 0 Å². The topological polar surface area (TPSA) is 9.23 Å². The Morgan fingerprint density at radius 3 is 1.79 bits per heavy atom. The third-order valence-electron chi connectivity index (χ3n) is 2.00. The molecule has 0 amide bonds. The van der Waals surface area contributed by atoms with Gasteiger partial charge in [0.2, 0.25) is 0 Å². The van der Waals surface area contributed by atoms with E-state index in [-0.39, 0.29) is 10.9 Å². The molecule has 0 aliphatic carbocycles. The van der Waals surface area contributed by atoms with Gasteiger partial charge in [-0.05, 0) is 0 Å². The van der Waals surface area contributed by atoms with Crippen molar-refractivity contribution in [3.8, 4) is 5.75 Å². The lowest BCUT2D eigenvalue weighted by Crippen LogP contribution is -2.42. The Hall–Kier alpha value is -0.903. The number of methoxy groups -OCH3 is 1. The molecule has 0 heterocycles. The molecular weight excluding hydrogens is 202 g/mol. The zero-order valence-corrected chi connectivity index (χ0v) is 9.82. The van der Waals surface area contributed by atoms with E-state index in [1.165, 1.54) is 19.2 Å². The van der Waals surface area contributed by atoms with E-state index < -0.39 is 19.7 Å². The summed E-state index contributed by atoms with van der Waals surface area (Å²) in [4.78, 5) is 0. The summed E-state index contributed by atoms with van der Waals surface area (Å²) >= 11 is 0. The fourth-order valence-electron chi connectivity index (χ4n) is 1.38. The van der Waals surface area contributed by atoms with E-state index in [1.807, 2.05) is 19.6 Å². The van der Waals surface area contributed by atoms with Crippen molar-refractivity contribution in [1.29, 1.82) is 0 Å². The van der Waals surface area contributed by atoms with Crippen LogP contribution in [0.2, 0.25) is 19.6 Å². The molecule has 0 saturated carbocycles. The maximum Gasteiger partial charge on any atom is 0.129 e. The molecule has 1 nitrogen and oxygen atoms in total. The van der Waals surface area contributed by atoms with Crippen molar-refractivity contribution in [2.75, 3.05) is 7.11 Å². The first-order valence-electron chi connectivity index (χ1n) is 4.40. The minimum Gasteiger partial charge on any atom is -0.497 e. The summed E-state index contributed by atoms with van der Waals surface area (Å²) < 4.78 is 31.8. The molecule has 0 spiro atoms. The predicted molar refractivity (Wildman–Crippen MR) is 55.9 cm³/mol. The van der Waals surface area contributed by atoms with Crippen molar-refractivity contribution in [1.82, 2.24) is 0 Å². The molecule has 0 atom stereocenters. The molecule has 0 bridgehead atoms. The summed E-state index contributed by atoms with van der Waals surface area (Å²) in [5.41, 5.74) is 0. The number of hydrogen-bond donors (Lipinski definition) is 0. The average Bonchev–Trinajstić information content (AvgIpc) is 1.99. The van der Waals surface area contributed by atoms with Crippen LogP contribution in [0.5, 0.6) is 5.75 Å². The van der Waals surface area contributed by atoms with Crippen LogP contribution in [0.4, 0.5) is 8.78 Å². The molecule has 0 radical (unpaired) electrons. The fraction of sp³-hybridized carbons (Fsp3) is 0.400. The van der Waals surface area contributed by atoms with Gasteiger partial charge in [0.05, 0.1) is 15.2 Å². The van der Waals surface area contributed by atoms with Crippen molar-refractivity contribution < 1.29 is 13.5 Å². The van der Waals surface area contributed by atoms with Crippen LogP contribution in [0, 0.1) is 11.6 Å². The normalized spacial score (nSPS) is 11.6. The number of benzene rings is 1. The van der Waals surface area contributed by atoms with Crippen molar-refractivity contribution >= 4 is 13.3 Å². The van der Waals surface area contributed by atoms with Gasteiger partial charge in [0.25, 0.3) is 0 Å². The van der Waals surface area contributed by atoms with Gasteiger partial charge in [0.15, 0.2) is 0 Å². The smallest absolute Gasteiger partial charge is 0.129 e. The molecule has 1 aromatic carbocycles. The lowest BCUT2D eigenvalue weighted by Gasteiger charge is -2.18. The Bertz CT molecular complexity index is 321. The maximum atomic E-state index is 13.5. The van der Waals surface area contributed by atoms with Gasteiger partial charge in [-0.25, -0.2) is 8.78 Å². The first-order chi connectivity index (χ1) is 6.36. The lowest BCUT2D eigenvalue weighted by atomic mass is 10.3. The highest BCUT2D eigenvalue weighted by atomic mass is 28.3. The van der Waals surface area contributed by atoms with Gasteiger partial charge in [-0.1, -0.05) is 19.6 Å². The van der Waals surface area contributed by atoms with Gasteiger partial charge in [-0.15, -0.1) is 0 Å². The molecule has 0 N–H and O–H groups in total. The molecule has 0 aromatic heterocycles. The van der Waals surface area contributed by atoms with Crippen LogP contribution in [0.25, 0.3) is 0 Å². The molecule has 78 valence electrons. The molecule has 0 saturated heterocycles. The van der Waals surface area contributed by atoms with Gasteiger partial charge in [-0.3, -0.25) is 0 Å². The first-order valence-corrected chi connectivity index (χ1v) is 7.90. The van der Waals surface area contributed by atoms with E-state index in [4.69, 9.17) is 4.74 Å². The van der Waals surface area contributed by atoms with Crippen LogP contribution in [0.15, 0.2) is 12.1 Å². The Morgan fingerprint density at radius 2 is 1.50 bits per heavy atom. The first kappa shape index (κ1) is 11.2. The highest BCUT2D eigenvalue weighted by Gasteiger charge is 2.25. The van der Waals surface area contributed by atoms with Crippen LogP contribution in [-0.2, 0) is 0 Å². The third-order valence-corrected chi connectivity index (χ3v) is 3.98.